The number of ether oxygens (including phenoxy) is 2. The van der Waals surface area contributed by atoms with Crippen molar-refractivity contribution in [3.63, 3.8) is 0 Å². The molecule has 0 aliphatic heterocycles. The van der Waals surface area contributed by atoms with Gasteiger partial charge in [0.1, 0.15) is 6.61 Å². The highest BCUT2D eigenvalue weighted by atomic mass is 31.2. The Morgan fingerprint density at radius 1 is 0.625 bits per heavy atom. The Balaban J connectivity index is 4.29. The molecule has 11 heteroatoms. The Morgan fingerprint density at radius 2 is 1.16 bits per heavy atom. The van der Waals surface area contributed by atoms with Gasteiger partial charge in [-0.05, 0) is 64.2 Å². The summed E-state index contributed by atoms with van der Waals surface area (Å²) in [6.07, 6.45) is 44.4. The van der Waals surface area contributed by atoms with E-state index in [1.807, 2.05) is 36.5 Å². The molecule has 0 heterocycles. The summed E-state index contributed by atoms with van der Waals surface area (Å²) in [5.74, 6) is -0.928. The van der Waals surface area contributed by atoms with Crippen LogP contribution < -0.4 is 5.73 Å². The smallest absolute Gasteiger partial charge is 0.462 e. The van der Waals surface area contributed by atoms with Crippen LogP contribution in [0.3, 0.4) is 0 Å². The Bertz CT molecular complexity index is 1120. The summed E-state index contributed by atoms with van der Waals surface area (Å²) < 4.78 is 32.7. The van der Waals surface area contributed by atoms with Gasteiger partial charge in [-0.1, -0.05) is 158 Å². The predicted octanol–water partition coefficient (Wildman–Crippen LogP) is 11.5. The lowest BCUT2D eigenvalue weighted by Gasteiger charge is -2.19. The summed E-state index contributed by atoms with van der Waals surface area (Å²) in [7, 11) is -4.40. The van der Waals surface area contributed by atoms with Crippen molar-refractivity contribution in [3.05, 3.63) is 60.8 Å². The summed E-state index contributed by atoms with van der Waals surface area (Å²) in [5.41, 5.74) is 5.34. The molecular weight excluding hydrogens is 729 g/mol. The standard InChI is InChI=1S/C45H80NO9P/c1-3-5-7-8-9-10-11-12-13-14-15-16-19-23-26-29-33-37-45(49)55-43(41-54-56(50,51)53-39-38-46)40-52-44(48)36-32-28-25-22-20-17-18-21-24-27-31-35-42(47)34-30-6-4-2/h12-13,17-18,22,24-25,27,31,35,42-43,47H,3-11,14-16,19-21,23,26,28-30,32-34,36-41,46H2,1-2H3,(H,50,51)/b13-12-,18-17-,25-22-,27-24-,35-31+/t42-,43-/m1/s1. The number of hydrogen-bond acceptors (Lipinski definition) is 9. The van der Waals surface area contributed by atoms with E-state index in [4.69, 9.17) is 24.3 Å². The molecule has 0 spiro atoms. The average Bonchev–Trinajstić information content (AvgIpc) is 3.18. The van der Waals surface area contributed by atoms with Crippen LogP contribution in [0, 0.1) is 0 Å². The maximum Gasteiger partial charge on any atom is 0.472 e. The average molecular weight is 810 g/mol. The summed E-state index contributed by atoms with van der Waals surface area (Å²) in [6, 6.07) is 0. The summed E-state index contributed by atoms with van der Waals surface area (Å²) in [5, 5.41) is 9.89. The molecule has 4 N–H and O–H groups in total. The molecule has 0 aromatic heterocycles. The molecule has 0 aliphatic carbocycles. The number of nitrogens with two attached hydrogens (primary N) is 1. The Hall–Kier alpha value is -2.33. The van der Waals surface area contributed by atoms with Crippen molar-refractivity contribution in [2.24, 2.45) is 5.73 Å². The third-order valence-corrected chi connectivity index (χ3v) is 9.96. The monoisotopic (exact) mass is 810 g/mol. The van der Waals surface area contributed by atoms with Gasteiger partial charge in [0, 0.05) is 19.4 Å². The summed E-state index contributed by atoms with van der Waals surface area (Å²) in [4.78, 5) is 34.8. The molecule has 0 radical (unpaired) electrons. The minimum absolute atomic E-state index is 0.0363. The number of hydrogen-bond donors (Lipinski definition) is 3. The second-order valence-corrected chi connectivity index (χ2v) is 15.9. The molecule has 0 saturated heterocycles. The quantitative estimate of drug-likeness (QED) is 0.0179. The Morgan fingerprint density at radius 3 is 1.82 bits per heavy atom. The van der Waals surface area contributed by atoms with Crippen LogP contribution in [0.1, 0.15) is 174 Å². The molecular formula is C45H80NO9P. The molecule has 0 amide bonds. The maximum atomic E-state index is 12.6. The van der Waals surface area contributed by atoms with Gasteiger partial charge in [0.2, 0.25) is 0 Å². The number of phosphoric acid groups is 1. The van der Waals surface area contributed by atoms with Crippen molar-refractivity contribution in [1.29, 1.82) is 0 Å². The van der Waals surface area contributed by atoms with E-state index in [1.54, 1.807) is 0 Å². The molecule has 0 aromatic rings. The zero-order valence-electron chi connectivity index (χ0n) is 35.2. The van der Waals surface area contributed by atoms with Crippen LogP contribution >= 0.6 is 7.82 Å². The highest BCUT2D eigenvalue weighted by Crippen LogP contribution is 2.43. The van der Waals surface area contributed by atoms with E-state index < -0.39 is 32.5 Å². The first-order valence-corrected chi connectivity index (χ1v) is 23.4. The molecule has 56 heavy (non-hydrogen) atoms. The van der Waals surface area contributed by atoms with E-state index in [0.717, 1.165) is 64.2 Å². The first kappa shape index (κ1) is 53.7. The molecule has 3 atom stereocenters. The molecule has 0 rings (SSSR count). The number of aliphatic hydroxyl groups is 1. The summed E-state index contributed by atoms with van der Waals surface area (Å²) >= 11 is 0. The van der Waals surface area contributed by atoms with Crippen molar-refractivity contribution in [2.75, 3.05) is 26.4 Å². The number of allylic oxidation sites excluding steroid dienone is 9. The topological polar surface area (TPSA) is 155 Å². The van der Waals surface area contributed by atoms with Gasteiger partial charge in [0.25, 0.3) is 0 Å². The lowest BCUT2D eigenvalue weighted by atomic mass is 10.1. The fourth-order valence-corrected chi connectivity index (χ4v) is 6.44. The van der Waals surface area contributed by atoms with Crippen molar-refractivity contribution in [1.82, 2.24) is 0 Å². The van der Waals surface area contributed by atoms with Gasteiger partial charge in [-0.15, -0.1) is 0 Å². The predicted molar refractivity (Wildman–Crippen MR) is 230 cm³/mol. The van der Waals surface area contributed by atoms with E-state index in [0.29, 0.717) is 19.3 Å². The van der Waals surface area contributed by atoms with Gasteiger partial charge >= 0.3 is 19.8 Å². The lowest BCUT2D eigenvalue weighted by molar-refractivity contribution is -0.161. The van der Waals surface area contributed by atoms with Gasteiger partial charge in [-0.25, -0.2) is 4.57 Å². The number of unbranched alkanes of at least 4 members (excludes halogenated alkanes) is 16. The van der Waals surface area contributed by atoms with E-state index in [-0.39, 0.29) is 38.7 Å². The van der Waals surface area contributed by atoms with E-state index in [2.05, 4.69) is 38.2 Å². The maximum absolute atomic E-state index is 12.6. The van der Waals surface area contributed by atoms with Crippen LogP contribution in [-0.4, -0.2) is 60.5 Å². The van der Waals surface area contributed by atoms with Crippen LogP contribution in [0.15, 0.2) is 60.8 Å². The molecule has 324 valence electrons. The van der Waals surface area contributed by atoms with Crippen LogP contribution in [0.2, 0.25) is 0 Å². The normalized spacial score (nSPS) is 14.4. The van der Waals surface area contributed by atoms with Crippen molar-refractivity contribution < 1.29 is 42.7 Å². The third-order valence-electron chi connectivity index (χ3n) is 8.98. The number of phosphoric ester groups is 1. The van der Waals surface area contributed by atoms with E-state index in [9.17, 15) is 24.2 Å². The second kappa shape index (κ2) is 40.9. The van der Waals surface area contributed by atoms with E-state index >= 15 is 0 Å². The molecule has 0 bridgehead atoms. The molecule has 0 aromatic carbocycles. The largest absolute Gasteiger partial charge is 0.472 e. The second-order valence-electron chi connectivity index (χ2n) is 14.4. The molecule has 0 aliphatic rings. The highest BCUT2D eigenvalue weighted by molar-refractivity contribution is 7.47. The molecule has 10 nitrogen and oxygen atoms in total. The zero-order chi connectivity index (χ0) is 41.2. The fraction of sp³-hybridized carbons (Fsp3) is 0.733. The van der Waals surface area contributed by atoms with Gasteiger partial charge < -0.3 is 25.2 Å². The minimum Gasteiger partial charge on any atom is -0.462 e. The van der Waals surface area contributed by atoms with Crippen LogP contribution in [0.25, 0.3) is 0 Å². The van der Waals surface area contributed by atoms with Gasteiger partial charge in [0.05, 0.1) is 19.3 Å². The third kappa shape index (κ3) is 39.9. The zero-order valence-corrected chi connectivity index (χ0v) is 36.1. The number of carbonyl (C=O) groups is 2. The van der Waals surface area contributed by atoms with Crippen LogP contribution in [-0.2, 0) is 32.7 Å². The molecule has 0 saturated carbocycles. The lowest BCUT2D eigenvalue weighted by Crippen LogP contribution is -2.29. The fourth-order valence-electron chi connectivity index (χ4n) is 5.67. The van der Waals surface area contributed by atoms with Crippen LogP contribution in [0.4, 0.5) is 0 Å². The first-order chi connectivity index (χ1) is 27.2. The van der Waals surface area contributed by atoms with Gasteiger partial charge in [-0.3, -0.25) is 18.6 Å². The number of aliphatic hydroxyl groups excluding tert-OH is 1. The van der Waals surface area contributed by atoms with Crippen molar-refractivity contribution in [2.45, 2.75) is 187 Å². The van der Waals surface area contributed by atoms with Gasteiger partial charge in [0.15, 0.2) is 6.10 Å². The molecule has 0 fully saturated rings. The first-order valence-electron chi connectivity index (χ1n) is 21.9. The minimum atomic E-state index is -4.40. The summed E-state index contributed by atoms with van der Waals surface area (Å²) in [6.45, 7) is 3.51. The molecule has 1 unspecified atom stereocenters. The Labute approximate surface area is 341 Å². The number of carbonyl (C=O) groups excluding carboxylic acids is 2. The van der Waals surface area contributed by atoms with Crippen LogP contribution in [0.5, 0.6) is 0 Å². The van der Waals surface area contributed by atoms with Crippen molar-refractivity contribution >= 4 is 19.8 Å². The SMILES string of the molecule is CCCCCCCC/C=C\CCCCCCCCCC(=O)O[C@H](COC(=O)CCC/C=C\C/C=C\C/C=C\C=C\[C@H](O)CCCCC)COP(=O)(O)OCCN. The van der Waals surface area contributed by atoms with E-state index in [1.165, 1.54) is 64.2 Å². The number of esters is 2. The number of rotatable bonds is 40. The van der Waals surface area contributed by atoms with Gasteiger partial charge in [-0.2, -0.15) is 0 Å². The van der Waals surface area contributed by atoms with Crippen molar-refractivity contribution in [3.8, 4) is 0 Å². The Kier molecular flexibility index (Phi) is 39.2. The highest BCUT2D eigenvalue weighted by Gasteiger charge is 2.26.